The predicted octanol–water partition coefficient (Wildman–Crippen LogP) is 4.45. The minimum absolute atomic E-state index is 0.241. The molecule has 0 aromatic rings. The molecule has 2 unspecified atom stereocenters. The average Bonchev–Trinajstić information content (AvgIpc) is 2.85. The first kappa shape index (κ1) is 18.4. The van der Waals surface area contributed by atoms with E-state index in [1.807, 2.05) is 48.6 Å². The van der Waals surface area contributed by atoms with Crippen LogP contribution in [0.15, 0.2) is 120 Å². The Hall–Kier alpha value is -3.60. The number of ether oxygens (including phenoxy) is 5. The molecule has 0 radical (unpaired) electrons. The van der Waals surface area contributed by atoms with Gasteiger partial charge in [-0.1, -0.05) is 18.2 Å². The van der Waals surface area contributed by atoms with Gasteiger partial charge in [-0.3, -0.25) is 0 Å². The van der Waals surface area contributed by atoms with Crippen molar-refractivity contribution in [1.29, 1.82) is 0 Å². The highest BCUT2D eigenvalue weighted by Crippen LogP contribution is 2.48. The molecular formula is C25H22O5. The molecule has 0 spiro atoms. The minimum Gasteiger partial charge on any atom is -0.497 e. The van der Waals surface area contributed by atoms with Crippen LogP contribution in [0.4, 0.5) is 0 Å². The van der Waals surface area contributed by atoms with Gasteiger partial charge in [-0.05, 0) is 48.1 Å². The maximum Gasteiger partial charge on any atom is 0.187 e. The fourth-order valence-electron chi connectivity index (χ4n) is 4.16. The van der Waals surface area contributed by atoms with E-state index in [2.05, 4.69) is 12.2 Å². The third-order valence-electron chi connectivity index (χ3n) is 5.43. The molecule has 0 bridgehead atoms. The highest BCUT2D eigenvalue weighted by atomic mass is 16.5. The van der Waals surface area contributed by atoms with E-state index in [-0.39, 0.29) is 6.10 Å². The highest BCUT2D eigenvalue weighted by Gasteiger charge is 2.48. The first-order chi connectivity index (χ1) is 14.9. The van der Waals surface area contributed by atoms with E-state index in [1.54, 1.807) is 31.3 Å². The van der Waals surface area contributed by atoms with Crippen LogP contribution in [0.5, 0.6) is 0 Å². The maximum atomic E-state index is 6.50. The second-order valence-electron chi connectivity index (χ2n) is 7.14. The van der Waals surface area contributed by atoms with Crippen LogP contribution in [0, 0.1) is 0 Å². The predicted molar refractivity (Wildman–Crippen MR) is 113 cm³/mol. The van der Waals surface area contributed by atoms with Crippen molar-refractivity contribution in [3.63, 3.8) is 0 Å². The zero-order valence-electron chi connectivity index (χ0n) is 16.4. The molecule has 0 saturated carbocycles. The van der Waals surface area contributed by atoms with Crippen molar-refractivity contribution in [2.45, 2.75) is 11.7 Å². The molecule has 30 heavy (non-hydrogen) atoms. The van der Waals surface area contributed by atoms with Crippen LogP contribution in [-0.2, 0) is 23.7 Å². The summed E-state index contributed by atoms with van der Waals surface area (Å²) in [6.07, 6.45) is 28.3. The standard InChI is InChI=1S/C25H22O5/c1-2-13-29-23(7-1)22-10-16-30-25(20-8-14-26-15-9-20,21-6-4-12-28-18-21)24(22)19-5-3-11-27-17-19/h1-11,13-14,16,18,23H,12,15,17H2. The normalized spacial score (nSPS) is 29.1. The van der Waals surface area contributed by atoms with Crippen molar-refractivity contribution in [1.82, 2.24) is 0 Å². The van der Waals surface area contributed by atoms with Gasteiger partial charge >= 0.3 is 0 Å². The Morgan fingerprint density at radius 1 is 0.833 bits per heavy atom. The molecule has 5 nitrogen and oxygen atoms in total. The molecule has 0 saturated heterocycles. The minimum atomic E-state index is -0.917. The Morgan fingerprint density at radius 2 is 1.83 bits per heavy atom. The molecule has 0 N–H and O–H groups in total. The van der Waals surface area contributed by atoms with E-state index >= 15 is 0 Å². The maximum absolute atomic E-state index is 6.50. The van der Waals surface area contributed by atoms with E-state index in [0.29, 0.717) is 19.8 Å². The second kappa shape index (κ2) is 8.03. The summed E-state index contributed by atoms with van der Waals surface area (Å²) in [7, 11) is 0. The van der Waals surface area contributed by atoms with Crippen molar-refractivity contribution >= 4 is 0 Å². The van der Waals surface area contributed by atoms with E-state index in [1.165, 1.54) is 0 Å². The van der Waals surface area contributed by atoms with Gasteiger partial charge in [0.25, 0.3) is 0 Å². The molecule has 5 heterocycles. The molecule has 5 rings (SSSR count). The summed E-state index contributed by atoms with van der Waals surface area (Å²) in [6, 6.07) is 0. The second-order valence-corrected chi connectivity index (χ2v) is 7.14. The number of hydrogen-bond acceptors (Lipinski definition) is 5. The zero-order valence-corrected chi connectivity index (χ0v) is 16.4. The molecule has 0 amide bonds. The van der Waals surface area contributed by atoms with Crippen LogP contribution < -0.4 is 0 Å². The summed E-state index contributed by atoms with van der Waals surface area (Å²) in [4.78, 5) is 0. The molecule has 5 aliphatic rings. The molecule has 0 aromatic heterocycles. The van der Waals surface area contributed by atoms with Gasteiger partial charge in [-0.15, -0.1) is 0 Å². The van der Waals surface area contributed by atoms with Crippen molar-refractivity contribution in [3.8, 4) is 0 Å². The van der Waals surface area contributed by atoms with Crippen LogP contribution in [0.25, 0.3) is 0 Å². The van der Waals surface area contributed by atoms with Gasteiger partial charge in [0.15, 0.2) is 5.60 Å². The average molecular weight is 402 g/mol. The Bertz CT molecular complexity index is 978. The summed E-state index contributed by atoms with van der Waals surface area (Å²) in [5.41, 5.74) is 3.96. The third-order valence-corrected chi connectivity index (χ3v) is 5.43. The third kappa shape index (κ3) is 3.12. The van der Waals surface area contributed by atoms with Crippen molar-refractivity contribution in [2.24, 2.45) is 0 Å². The Balaban J connectivity index is 1.77. The number of rotatable bonds is 4. The van der Waals surface area contributed by atoms with Crippen LogP contribution in [0.2, 0.25) is 0 Å². The van der Waals surface area contributed by atoms with E-state index in [4.69, 9.17) is 23.7 Å². The molecule has 152 valence electrons. The van der Waals surface area contributed by atoms with Gasteiger partial charge in [0.05, 0.1) is 31.3 Å². The van der Waals surface area contributed by atoms with Gasteiger partial charge in [0, 0.05) is 22.3 Å². The van der Waals surface area contributed by atoms with Crippen molar-refractivity contribution < 1.29 is 23.7 Å². The molecule has 0 aromatic carbocycles. The van der Waals surface area contributed by atoms with Gasteiger partial charge < -0.3 is 23.7 Å². The van der Waals surface area contributed by atoms with Crippen LogP contribution in [-0.4, -0.2) is 31.5 Å². The first-order valence-electron chi connectivity index (χ1n) is 9.93. The Morgan fingerprint density at radius 3 is 2.57 bits per heavy atom. The lowest BCUT2D eigenvalue weighted by Crippen LogP contribution is -2.43. The topological polar surface area (TPSA) is 46.2 Å². The van der Waals surface area contributed by atoms with E-state index in [9.17, 15) is 0 Å². The summed E-state index contributed by atoms with van der Waals surface area (Å²) in [5, 5.41) is 0. The Labute approximate surface area is 175 Å². The smallest absolute Gasteiger partial charge is 0.187 e. The van der Waals surface area contributed by atoms with E-state index < -0.39 is 5.60 Å². The van der Waals surface area contributed by atoms with Crippen LogP contribution in [0.3, 0.4) is 0 Å². The molecule has 5 heteroatoms. The van der Waals surface area contributed by atoms with Gasteiger partial charge in [0.1, 0.15) is 25.9 Å². The van der Waals surface area contributed by atoms with Crippen LogP contribution >= 0.6 is 0 Å². The van der Waals surface area contributed by atoms with E-state index in [0.717, 1.165) is 27.9 Å². The SMILES string of the molecule is C1=COCC(C2=C(C3C=CC=CO3)C=COC2(C2=CCOC=C2)C2=COCC=C2)=C1. The molecule has 0 aliphatic carbocycles. The van der Waals surface area contributed by atoms with Gasteiger partial charge in [-0.2, -0.15) is 0 Å². The summed E-state index contributed by atoms with van der Waals surface area (Å²) in [5.74, 6) is 0. The molecule has 2 atom stereocenters. The molecule has 5 aliphatic heterocycles. The zero-order chi connectivity index (χ0) is 20.2. The summed E-state index contributed by atoms with van der Waals surface area (Å²) < 4.78 is 29.3. The largest absolute Gasteiger partial charge is 0.497 e. The number of allylic oxidation sites excluding steroid dienone is 4. The van der Waals surface area contributed by atoms with Gasteiger partial charge in [-0.25, -0.2) is 0 Å². The van der Waals surface area contributed by atoms with Gasteiger partial charge in [0.2, 0.25) is 0 Å². The summed E-state index contributed by atoms with van der Waals surface area (Å²) in [6.45, 7) is 1.44. The summed E-state index contributed by atoms with van der Waals surface area (Å²) >= 11 is 0. The Kier molecular flexibility index (Phi) is 4.93. The quantitative estimate of drug-likeness (QED) is 0.696. The fraction of sp³-hybridized carbons (Fsp3) is 0.200. The fourth-order valence-corrected chi connectivity index (χ4v) is 4.16. The lowest BCUT2D eigenvalue weighted by Gasteiger charge is -2.43. The van der Waals surface area contributed by atoms with Crippen LogP contribution in [0.1, 0.15) is 0 Å². The molecular weight excluding hydrogens is 380 g/mol. The molecule has 0 fully saturated rings. The highest BCUT2D eigenvalue weighted by molar-refractivity contribution is 5.65. The monoisotopic (exact) mass is 402 g/mol. The lowest BCUT2D eigenvalue weighted by atomic mass is 9.71. The van der Waals surface area contributed by atoms with Crippen molar-refractivity contribution in [3.05, 3.63) is 120 Å². The van der Waals surface area contributed by atoms with Crippen molar-refractivity contribution in [2.75, 3.05) is 19.8 Å². The first-order valence-corrected chi connectivity index (χ1v) is 9.93. The lowest BCUT2D eigenvalue weighted by molar-refractivity contribution is 0.111. The number of hydrogen-bond donors (Lipinski definition) is 0.